The van der Waals surface area contributed by atoms with Crippen LogP contribution in [0.15, 0.2) is 58.1 Å². The average Bonchev–Trinajstić information content (AvgIpc) is 3.31. The van der Waals surface area contributed by atoms with E-state index in [1.165, 1.54) is 12.1 Å². The normalized spacial score (nSPS) is 15.6. The first-order valence-electron chi connectivity index (χ1n) is 10.1. The van der Waals surface area contributed by atoms with E-state index < -0.39 is 28.7 Å². The van der Waals surface area contributed by atoms with E-state index in [-0.39, 0.29) is 24.9 Å². The van der Waals surface area contributed by atoms with Crippen molar-refractivity contribution in [2.45, 2.75) is 25.5 Å². The summed E-state index contributed by atoms with van der Waals surface area (Å²) in [6.45, 7) is 0.687. The number of aromatic nitrogens is 3. The summed E-state index contributed by atoms with van der Waals surface area (Å²) in [7, 11) is 0. The predicted octanol–water partition coefficient (Wildman–Crippen LogP) is 2.14. The number of hydrogen-bond donors (Lipinski definition) is 1. The van der Waals surface area contributed by atoms with Crippen molar-refractivity contribution in [3.05, 3.63) is 91.5 Å². The van der Waals surface area contributed by atoms with E-state index in [1.54, 1.807) is 24.3 Å². The Morgan fingerprint density at radius 2 is 1.94 bits per heavy atom. The second kappa shape index (κ2) is 9.46. The first-order valence-corrected chi connectivity index (χ1v) is 10.4. The largest absolute Gasteiger partial charge is 0.376 e. The zero-order valence-corrected chi connectivity index (χ0v) is 17.7. The van der Waals surface area contributed by atoms with E-state index in [0.717, 1.165) is 34.2 Å². The van der Waals surface area contributed by atoms with Gasteiger partial charge in [-0.05, 0) is 48.7 Å². The minimum absolute atomic E-state index is 0.132. The molecule has 1 aromatic heterocycles. The molecule has 4 rings (SSSR count). The first-order chi connectivity index (χ1) is 15.4. The molecule has 8 nitrogen and oxygen atoms in total. The SMILES string of the molecule is O=C(NC[C@H]1CCCO1)c1nn(-c2ccc(F)cc2)c(=O)n(Cc2ccccc2Cl)c1=O. The molecule has 0 radical (unpaired) electrons. The maximum Gasteiger partial charge on any atom is 0.352 e. The summed E-state index contributed by atoms with van der Waals surface area (Å²) < 4.78 is 20.7. The van der Waals surface area contributed by atoms with Gasteiger partial charge in [-0.3, -0.25) is 14.2 Å². The Bertz CT molecular complexity index is 1250. The van der Waals surface area contributed by atoms with Crippen LogP contribution in [0, 0.1) is 5.82 Å². The fraction of sp³-hybridized carbons (Fsp3) is 0.273. The Kier molecular flexibility index (Phi) is 6.48. The third-order valence-corrected chi connectivity index (χ3v) is 5.52. The molecule has 1 atom stereocenters. The second-order valence-corrected chi connectivity index (χ2v) is 7.75. The van der Waals surface area contributed by atoms with Crippen molar-refractivity contribution in [1.82, 2.24) is 19.7 Å². The molecule has 0 unspecified atom stereocenters. The number of halogens is 2. The maximum atomic E-state index is 13.4. The predicted molar refractivity (Wildman–Crippen MR) is 116 cm³/mol. The van der Waals surface area contributed by atoms with Gasteiger partial charge in [0.25, 0.3) is 11.5 Å². The van der Waals surface area contributed by atoms with Crippen molar-refractivity contribution < 1.29 is 13.9 Å². The van der Waals surface area contributed by atoms with Crippen LogP contribution in [0.3, 0.4) is 0 Å². The topological polar surface area (TPSA) is 95.2 Å². The molecule has 0 bridgehead atoms. The van der Waals surface area contributed by atoms with Crippen LogP contribution in [0.1, 0.15) is 28.9 Å². The molecule has 1 aliphatic rings. The number of carbonyl (C=O) groups excluding carboxylic acids is 1. The van der Waals surface area contributed by atoms with Gasteiger partial charge in [0.2, 0.25) is 5.69 Å². The highest BCUT2D eigenvalue weighted by Crippen LogP contribution is 2.15. The van der Waals surface area contributed by atoms with E-state index >= 15 is 0 Å². The van der Waals surface area contributed by atoms with Crippen molar-refractivity contribution in [2.24, 2.45) is 0 Å². The van der Waals surface area contributed by atoms with Gasteiger partial charge in [-0.15, -0.1) is 0 Å². The molecule has 166 valence electrons. The molecule has 3 aromatic rings. The summed E-state index contributed by atoms with van der Waals surface area (Å²) in [6.07, 6.45) is 1.57. The molecule has 1 amide bonds. The summed E-state index contributed by atoms with van der Waals surface area (Å²) in [5, 5.41) is 7.02. The highest BCUT2D eigenvalue weighted by molar-refractivity contribution is 6.31. The Labute approximate surface area is 187 Å². The van der Waals surface area contributed by atoms with Crippen LogP contribution in [0.5, 0.6) is 0 Å². The molecule has 2 aromatic carbocycles. The Morgan fingerprint density at radius 1 is 1.19 bits per heavy atom. The van der Waals surface area contributed by atoms with Crippen LogP contribution in [-0.4, -0.2) is 39.5 Å². The number of carbonyl (C=O) groups is 1. The molecule has 1 saturated heterocycles. The number of hydrogen-bond acceptors (Lipinski definition) is 5. The number of rotatable bonds is 6. The minimum atomic E-state index is -0.849. The average molecular weight is 459 g/mol. The molecular weight excluding hydrogens is 439 g/mol. The minimum Gasteiger partial charge on any atom is -0.376 e. The highest BCUT2D eigenvalue weighted by atomic mass is 35.5. The number of nitrogens with zero attached hydrogens (tertiary/aromatic N) is 3. The van der Waals surface area contributed by atoms with Crippen molar-refractivity contribution >= 4 is 17.5 Å². The lowest BCUT2D eigenvalue weighted by atomic mass is 10.2. The first kappa shape index (κ1) is 21.9. The molecule has 1 aliphatic heterocycles. The van der Waals surface area contributed by atoms with Crippen LogP contribution in [0.4, 0.5) is 4.39 Å². The highest BCUT2D eigenvalue weighted by Gasteiger charge is 2.23. The van der Waals surface area contributed by atoms with Gasteiger partial charge in [0.15, 0.2) is 0 Å². The second-order valence-electron chi connectivity index (χ2n) is 7.35. The summed E-state index contributed by atoms with van der Waals surface area (Å²) in [5.74, 6) is -1.23. The van der Waals surface area contributed by atoms with E-state index in [1.807, 2.05) is 0 Å². The van der Waals surface area contributed by atoms with Crippen LogP contribution in [-0.2, 0) is 11.3 Å². The van der Waals surface area contributed by atoms with Crippen LogP contribution < -0.4 is 16.6 Å². The van der Waals surface area contributed by atoms with Crippen LogP contribution in [0.2, 0.25) is 5.02 Å². The van der Waals surface area contributed by atoms with Gasteiger partial charge in [-0.1, -0.05) is 29.8 Å². The summed E-state index contributed by atoms with van der Waals surface area (Å²) in [6, 6.07) is 11.7. The van der Waals surface area contributed by atoms with Crippen molar-refractivity contribution in [1.29, 1.82) is 0 Å². The van der Waals surface area contributed by atoms with Crippen molar-refractivity contribution in [3.8, 4) is 5.69 Å². The van der Waals surface area contributed by atoms with Gasteiger partial charge in [0, 0.05) is 18.2 Å². The lowest BCUT2D eigenvalue weighted by Gasteiger charge is -2.14. The number of nitrogens with one attached hydrogen (secondary N) is 1. The van der Waals surface area contributed by atoms with Gasteiger partial charge < -0.3 is 10.1 Å². The summed E-state index contributed by atoms with van der Waals surface area (Å²) >= 11 is 6.20. The fourth-order valence-electron chi connectivity index (χ4n) is 3.44. The lowest BCUT2D eigenvalue weighted by molar-refractivity contribution is 0.0849. The van der Waals surface area contributed by atoms with E-state index in [9.17, 15) is 18.8 Å². The number of amides is 1. The van der Waals surface area contributed by atoms with Gasteiger partial charge in [0.1, 0.15) is 5.82 Å². The molecule has 0 aliphatic carbocycles. The Hall–Kier alpha value is -3.30. The molecule has 2 heterocycles. The Balaban J connectivity index is 1.77. The smallest absolute Gasteiger partial charge is 0.352 e. The Morgan fingerprint density at radius 3 is 2.62 bits per heavy atom. The summed E-state index contributed by atoms with van der Waals surface area (Å²) in [5.41, 5.74) is -1.36. The van der Waals surface area contributed by atoms with Gasteiger partial charge in [-0.2, -0.15) is 9.78 Å². The standard InChI is InChI=1S/C22H20ClFN4O4/c23-18-6-2-1-4-14(18)13-27-21(30)19(20(29)25-12-17-5-3-11-32-17)26-28(22(27)31)16-9-7-15(24)8-10-16/h1-2,4,6-10,17H,3,5,11-13H2,(H,25,29)/t17-/m1/s1. The third-order valence-electron chi connectivity index (χ3n) is 5.15. The third kappa shape index (κ3) is 4.63. The van der Waals surface area contributed by atoms with Crippen molar-refractivity contribution in [2.75, 3.05) is 13.2 Å². The molecule has 0 saturated carbocycles. The van der Waals surface area contributed by atoms with Crippen LogP contribution in [0.25, 0.3) is 5.69 Å². The molecule has 32 heavy (non-hydrogen) atoms. The van der Waals surface area contributed by atoms with E-state index in [0.29, 0.717) is 17.2 Å². The number of benzene rings is 2. The summed E-state index contributed by atoms with van der Waals surface area (Å²) in [4.78, 5) is 39.0. The molecule has 1 fully saturated rings. The molecule has 10 heteroatoms. The molecular formula is C22H20ClFN4O4. The van der Waals surface area contributed by atoms with Crippen LogP contribution >= 0.6 is 11.6 Å². The van der Waals surface area contributed by atoms with Crippen molar-refractivity contribution in [3.63, 3.8) is 0 Å². The monoisotopic (exact) mass is 458 g/mol. The molecule has 0 spiro atoms. The van der Waals surface area contributed by atoms with Gasteiger partial charge in [-0.25, -0.2) is 9.18 Å². The quantitative estimate of drug-likeness (QED) is 0.610. The molecule has 1 N–H and O–H groups in total. The fourth-order valence-corrected chi connectivity index (χ4v) is 3.64. The zero-order chi connectivity index (χ0) is 22.7. The lowest BCUT2D eigenvalue weighted by Crippen LogP contribution is -2.46. The van der Waals surface area contributed by atoms with E-state index in [2.05, 4.69) is 10.4 Å². The maximum absolute atomic E-state index is 13.4. The van der Waals surface area contributed by atoms with Gasteiger partial charge in [0.05, 0.1) is 18.3 Å². The zero-order valence-electron chi connectivity index (χ0n) is 17.0. The van der Waals surface area contributed by atoms with Gasteiger partial charge >= 0.3 is 5.69 Å². The number of ether oxygens (including phenoxy) is 1. The van der Waals surface area contributed by atoms with E-state index in [4.69, 9.17) is 16.3 Å².